The molecule has 0 nitrogen and oxygen atoms in total. The van der Waals surface area contributed by atoms with Crippen LogP contribution >= 0.6 is 15.9 Å². The normalized spacial score (nSPS) is 12.6. The van der Waals surface area contributed by atoms with E-state index < -0.39 is 0 Å². The Balaban J connectivity index is 2.20. The minimum Gasteiger partial charge on any atom is -0.207 e. The van der Waals surface area contributed by atoms with Gasteiger partial charge < -0.3 is 0 Å². The molecule has 0 bridgehead atoms. The maximum atomic E-state index is 13.6. The smallest absolute Gasteiger partial charge is 0.123 e. The zero-order valence-corrected chi connectivity index (χ0v) is 13.6. The summed E-state index contributed by atoms with van der Waals surface area (Å²) < 4.78 is 13.6. The lowest BCUT2D eigenvalue weighted by molar-refractivity contribution is 0.625. The van der Waals surface area contributed by atoms with Gasteiger partial charge in [0.25, 0.3) is 0 Å². The van der Waals surface area contributed by atoms with Gasteiger partial charge in [-0.2, -0.15) is 0 Å². The fourth-order valence-electron chi connectivity index (χ4n) is 2.75. The van der Waals surface area contributed by atoms with Crippen molar-refractivity contribution in [2.45, 2.75) is 18.7 Å². The third kappa shape index (κ3) is 2.60. The van der Waals surface area contributed by atoms with E-state index in [2.05, 4.69) is 53.2 Å². The standard InChI is InChI=1S/C19H16BrF/c1-12-8-10-17(16-6-4-3-5-15(12)16)19(20)18-11-14(21)9-7-13(18)2/h3-11,19H,1-2H3. The van der Waals surface area contributed by atoms with Crippen LogP contribution in [0.15, 0.2) is 54.6 Å². The van der Waals surface area contributed by atoms with Crippen molar-refractivity contribution in [1.29, 1.82) is 0 Å². The maximum Gasteiger partial charge on any atom is 0.123 e. The Morgan fingerprint density at radius 1 is 0.810 bits per heavy atom. The van der Waals surface area contributed by atoms with Gasteiger partial charge in [-0.05, 0) is 59.0 Å². The summed E-state index contributed by atoms with van der Waals surface area (Å²) in [6, 6.07) is 17.6. The molecule has 3 aromatic carbocycles. The van der Waals surface area contributed by atoms with E-state index >= 15 is 0 Å². The SMILES string of the molecule is Cc1ccc(F)cc1C(Br)c1ccc(C)c2ccccc12. The van der Waals surface area contributed by atoms with Crippen molar-refractivity contribution in [3.63, 3.8) is 0 Å². The Bertz CT molecular complexity index is 808. The van der Waals surface area contributed by atoms with E-state index in [4.69, 9.17) is 0 Å². The van der Waals surface area contributed by atoms with E-state index in [0.29, 0.717) is 0 Å². The molecular weight excluding hydrogens is 327 g/mol. The van der Waals surface area contributed by atoms with Crippen LogP contribution in [0.5, 0.6) is 0 Å². The molecule has 0 aliphatic rings. The highest BCUT2D eigenvalue weighted by atomic mass is 79.9. The summed E-state index contributed by atoms with van der Waals surface area (Å²) in [6.07, 6.45) is 0. The maximum absolute atomic E-state index is 13.6. The molecule has 21 heavy (non-hydrogen) atoms. The van der Waals surface area contributed by atoms with Crippen LogP contribution in [0.1, 0.15) is 27.1 Å². The topological polar surface area (TPSA) is 0 Å². The van der Waals surface area contributed by atoms with E-state index in [1.807, 2.05) is 19.1 Å². The Morgan fingerprint density at radius 2 is 1.48 bits per heavy atom. The molecule has 2 heteroatoms. The summed E-state index contributed by atoms with van der Waals surface area (Å²) in [6.45, 7) is 4.13. The second-order valence-corrected chi connectivity index (χ2v) is 6.30. The first-order chi connectivity index (χ1) is 10.1. The fourth-order valence-corrected chi connectivity index (χ4v) is 3.64. The van der Waals surface area contributed by atoms with Gasteiger partial charge in [-0.15, -0.1) is 0 Å². The number of fused-ring (bicyclic) bond motifs is 1. The van der Waals surface area contributed by atoms with Crippen LogP contribution < -0.4 is 0 Å². The lowest BCUT2D eigenvalue weighted by Crippen LogP contribution is -1.98. The molecular formula is C19H16BrF. The van der Waals surface area contributed by atoms with Crippen LogP contribution in [0.25, 0.3) is 10.8 Å². The highest BCUT2D eigenvalue weighted by Gasteiger charge is 2.16. The molecule has 1 unspecified atom stereocenters. The van der Waals surface area contributed by atoms with Crippen molar-refractivity contribution in [2.24, 2.45) is 0 Å². The molecule has 0 saturated carbocycles. The fraction of sp³-hybridized carbons (Fsp3) is 0.158. The molecule has 1 atom stereocenters. The third-order valence-corrected chi connectivity index (χ3v) is 4.95. The van der Waals surface area contributed by atoms with Gasteiger partial charge in [0, 0.05) is 0 Å². The molecule has 0 aliphatic carbocycles. The number of halogens is 2. The van der Waals surface area contributed by atoms with E-state index in [0.717, 1.165) is 11.1 Å². The molecule has 0 heterocycles. The molecule has 0 spiro atoms. The number of hydrogen-bond acceptors (Lipinski definition) is 0. The largest absolute Gasteiger partial charge is 0.207 e. The summed E-state index contributed by atoms with van der Waals surface area (Å²) in [5, 5.41) is 2.46. The van der Waals surface area contributed by atoms with Crippen molar-refractivity contribution in [3.8, 4) is 0 Å². The van der Waals surface area contributed by atoms with Gasteiger partial charge in [0.2, 0.25) is 0 Å². The van der Waals surface area contributed by atoms with Gasteiger partial charge in [-0.3, -0.25) is 0 Å². The van der Waals surface area contributed by atoms with Crippen LogP contribution in [0, 0.1) is 19.7 Å². The predicted octanol–water partition coefficient (Wildman–Crippen LogP) is 6.08. The molecule has 106 valence electrons. The average molecular weight is 343 g/mol. The lowest BCUT2D eigenvalue weighted by atomic mass is 9.94. The summed E-state index contributed by atoms with van der Waals surface area (Å²) in [7, 11) is 0. The minimum absolute atomic E-state index is 0.0151. The van der Waals surface area contributed by atoms with Gasteiger partial charge in [0.05, 0.1) is 4.83 Å². The molecule has 0 amide bonds. The Morgan fingerprint density at radius 3 is 2.24 bits per heavy atom. The molecule has 0 aliphatic heterocycles. The summed E-state index contributed by atoms with van der Waals surface area (Å²) in [4.78, 5) is -0.0151. The number of hydrogen-bond donors (Lipinski definition) is 0. The number of rotatable bonds is 2. The van der Waals surface area contributed by atoms with E-state index in [1.54, 1.807) is 6.07 Å². The van der Waals surface area contributed by atoms with Crippen LogP contribution in [-0.4, -0.2) is 0 Å². The van der Waals surface area contributed by atoms with Crippen molar-refractivity contribution < 1.29 is 4.39 Å². The average Bonchev–Trinajstić information content (AvgIpc) is 2.50. The molecule has 3 aromatic rings. The Labute approximate surface area is 132 Å². The van der Waals surface area contributed by atoms with Crippen LogP contribution in [0.4, 0.5) is 4.39 Å². The highest BCUT2D eigenvalue weighted by molar-refractivity contribution is 9.09. The van der Waals surface area contributed by atoms with Gasteiger partial charge in [-0.1, -0.05) is 58.4 Å². The third-order valence-electron chi connectivity index (χ3n) is 3.96. The van der Waals surface area contributed by atoms with E-state index in [9.17, 15) is 4.39 Å². The quantitative estimate of drug-likeness (QED) is 0.495. The first-order valence-electron chi connectivity index (χ1n) is 6.96. The number of benzene rings is 3. The summed E-state index contributed by atoms with van der Waals surface area (Å²) in [5.41, 5.74) is 4.49. The minimum atomic E-state index is -0.198. The summed E-state index contributed by atoms with van der Waals surface area (Å²) >= 11 is 3.76. The van der Waals surface area contributed by atoms with Crippen LogP contribution in [0.3, 0.4) is 0 Å². The Kier molecular flexibility index (Phi) is 3.81. The zero-order valence-electron chi connectivity index (χ0n) is 12.0. The van der Waals surface area contributed by atoms with Gasteiger partial charge in [-0.25, -0.2) is 4.39 Å². The monoisotopic (exact) mass is 342 g/mol. The molecule has 0 fully saturated rings. The lowest BCUT2D eigenvalue weighted by Gasteiger charge is -2.17. The highest BCUT2D eigenvalue weighted by Crippen LogP contribution is 2.37. The van der Waals surface area contributed by atoms with Gasteiger partial charge in [0.1, 0.15) is 5.82 Å². The second kappa shape index (κ2) is 5.61. The first kappa shape index (κ1) is 14.3. The molecule has 3 rings (SSSR count). The second-order valence-electron chi connectivity index (χ2n) is 5.38. The molecule has 0 saturated heterocycles. The number of aryl methyl sites for hydroxylation is 2. The number of alkyl halides is 1. The van der Waals surface area contributed by atoms with Gasteiger partial charge >= 0.3 is 0 Å². The van der Waals surface area contributed by atoms with E-state index in [-0.39, 0.29) is 10.6 Å². The van der Waals surface area contributed by atoms with Crippen molar-refractivity contribution in [1.82, 2.24) is 0 Å². The molecule has 0 N–H and O–H groups in total. The van der Waals surface area contributed by atoms with Crippen molar-refractivity contribution in [2.75, 3.05) is 0 Å². The van der Waals surface area contributed by atoms with E-state index in [1.165, 1.54) is 28.0 Å². The van der Waals surface area contributed by atoms with Crippen LogP contribution in [-0.2, 0) is 0 Å². The first-order valence-corrected chi connectivity index (χ1v) is 7.88. The van der Waals surface area contributed by atoms with Crippen LogP contribution in [0.2, 0.25) is 0 Å². The zero-order chi connectivity index (χ0) is 15.0. The summed E-state index contributed by atoms with van der Waals surface area (Å²) in [5.74, 6) is -0.198. The van der Waals surface area contributed by atoms with Gasteiger partial charge in [0.15, 0.2) is 0 Å². The predicted molar refractivity (Wildman–Crippen MR) is 90.6 cm³/mol. The molecule has 0 radical (unpaired) electrons. The Hall–Kier alpha value is -1.67. The molecule has 0 aromatic heterocycles. The van der Waals surface area contributed by atoms with Crippen molar-refractivity contribution >= 4 is 26.7 Å². The van der Waals surface area contributed by atoms with Crippen molar-refractivity contribution in [3.05, 3.63) is 82.7 Å².